The highest BCUT2D eigenvalue weighted by Crippen LogP contribution is 2.37. The second-order valence-electron chi connectivity index (χ2n) is 7.35. The maximum Gasteiger partial charge on any atom is 0.404 e. The number of Topliss-reactive ketones (excluding diaryl/α,β-unsaturated/α-hetero) is 1. The summed E-state index contributed by atoms with van der Waals surface area (Å²) in [5, 5.41) is 0. The number of ether oxygens (including phenoxy) is 1. The van der Waals surface area contributed by atoms with E-state index in [4.69, 9.17) is 10.5 Å². The van der Waals surface area contributed by atoms with Gasteiger partial charge in [0, 0.05) is 30.5 Å². The molecule has 3 atom stereocenters. The summed E-state index contributed by atoms with van der Waals surface area (Å²) in [6.45, 7) is 1.72. The van der Waals surface area contributed by atoms with E-state index in [0.29, 0.717) is 23.9 Å². The molecular formula is C20H27FN2O3. The number of likely N-dealkylation sites (tertiary alicyclic amines) is 1. The maximum atomic E-state index is 13.0. The lowest BCUT2D eigenvalue weighted by atomic mass is 9.76. The fourth-order valence-electron chi connectivity index (χ4n) is 4.50. The van der Waals surface area contributed by atoms with E-state index in [1.807, 2.05) is 0 Å². The van der Waals surface area contributed by atoms with E-state index < -0.39 is 6.09 Å². The average Bonchev–Trinajstić information content (AvgIpc) is 2.63. The van der Waals surface area contributed by atoms with Gasteiger partial charge in [-0.1, -0.05) is 12.8 Å². The molecule has 0 aromatic heterocycles. The standard InChI is InChI=1S/C20H27FN2O3/c21-15-9-7-14(8-10-15)18(24)6-3-12-23-13-11-19(26-20(22)25)16-4-1-2-5-17(16)23/h7-10,16-17,19H,1-6,11-13H2,(H2,22,25)/t16-,17-,19-/m0/s1. The molecule has 5 nitrogen and oxygen atoms in total. The van der Waals surface area contributed by atoms with Gasteiger partial charge in [0.05, 0.1) is 0 Å². The van der Waals surface area contributed by atoms with Crippen molar-refractivity contribution in [2.24, 2.45) is 11.7 Å². The van der Waals surface area contributed by atoms with E-state index >= 15 is 0 Å². The number of rotatable bonds is 6. The molecule has 1 amide bonds. The Labute approximate surface area is 153 Å². The number of amides is 1. The first-order chi connectivity index (χ1) is 12.5. The lowest BCUT2D eigenvalue weighted by Gasteiger charge is -2.47. The van der Waals surface area contributed by atoms with Gasteiger partial charge in [-0.2, -0.15) is 0 Å². The first kappa shape index (κ1) is 18.8. The summed E-state index contributed by atoms with van der Waals surface area (Å²) in [5.41, 5.74) is 5.79. The van der Waals surface area contributed by atoms with Crippen LogP contribution in [0.1, 0.15) is 55.3 Å². The third-order valence-electron chi connectivity index (χ3n) is 5.71. The lowest BCUT2D eigenvalue weighted by molar-refractivity contribution is -0.0416. The molecule has 6 heteroatoms. The van der Waals surface area contributed by atoms with Crippen LogP contribution in [0.2, 0.25) is 0 Å². The third kappa shape index (κ3) is 4.61. The Morgan fingerprint density at radius 3 is 2.62 bits per heavy atom. The van der Waals surface area contributed by atoms with E-state index in [0.717, 1.165) is 45.2 Å². The summed E-state index contributed by atoms with van der Waals surface area (Å²) in [6.07, 6.45) is 5.81. The molecule has 1 aliphatic carbocycles. The van der Waals surface area contributed by atoms with Gasteiger partial charge in [0.2, 0.25) is 0 Å². The van der Waals surface area contributed by atoms with Gasteiger partial charge in [-0.05, 0) is 56.5 Å². The summed E-state index contributed by atoms with van der Waals surface area (Å²) >= 11 is 0. The van der Waals surface area contributed by atoms with Gasteiger partial charge in [-0.25, -0.2) is 9.18 Å². The van der Waals surface area contributed by atoms with E-state index in [2.05, 4.69) is 4.90 Å². The molecule has 2 N–H and O–H groups in total. The first-order valence-electron chi connectivity index (χ1n) is 9.53. The smallest absolute Gasteiger partial charge is 0.404 e. The van der Waals surface area contributed by atoms with Crippen LogP contribution in [0.4, 0.5) is 9.18 Å². The number of carbonyl (C=O) groups excluding carboxylic acids is 2. The molecule has 2 fully saturated rings. The summed E-state index contributed by atoms with van der Waals surface area (Å²) < 4.78 is 18.3. The number of halogens is 1. The Morgan fingerprint density at radius 2 is 1.88 bits per heavy atom. The Bertz CT molecular complexity index is 634. The van der Waals surface area contributed by atoms with Crippen LogP contribution in [0, 0.1) is 11.7 Å². The quantitative estimate of drug-likeness (QED) is 0.786. The molecule has 0 bridgehead atoms. The third-order valence-corrected chi connectivity index (χ3v) is 5.71. The Morgan fingerprint density at radius 1 is 1.15 bits per heavy atom. The van der Waals surface area contributed by atoms with Crippen molar-refractivity contribution in [3.05, 3.63) is 35.6 Å². The Hall–Kier alpha value is -1.95. The van der Waals surface area contributed by atoms with E-state index in [1.165, 1.54) is 18.6 Å². The molecule has 1 aromatic rings. The number of nitrogens with two attached hydrogens (primary N) is 1. The number of primary amides is 1. The molecule has 0 radical (unpaired) electrons. The Balaban J connectivity index is 1.52. The molecular weight excluding hydrogens is 335 g/mol. The van der Waals surface area contributed by atoms with Crippen LogP contribution in [-0.4, -0.2) is 42.0 Å². The van der Waals surface area contributed by atoms with Crippen molar-refractivity contribution in [3.8, 4) is 0 Å². The average molecular weight is 362 g/mol. The second-order valence-corrected chi connectivity index (χ2v) is 7.35. The molecule has 2 aliphatic rings. The minimum atomic E-state index is -0.683. The van der Waals surface area contributed by atoms with E-state index in [9.17, 15) is 14.0 Å². The summed E-state index contributed by atoms with van der Waals surface area (Å²) in [4.78, 5) is 25.8. The molecule has 1 aromatic carbocycles. The predicted molar refractivity (Wildman–Crippen MR) is 96.4 cm³/mol. The fourth-order valence-corrected chi connectivity index (χ4v) is 4.50. The summed E-state index contributed by atoms with van der Waals surface area (Å²) in [5.74, 6) is 0.0703. The lowest BCUT2D eigenvalue weighted by Crippen LogP contribution is -2.54. The van der Waals surface area contributed by atoms with Crippen molar-refractivity contribution >= 4 is 11.9 Å². The van der Waals surface area contributed by atoms with Gasteiger partial charge >= 0.3 is 6.09 Å². The van der Waals surface area contributed by atoms with Crippen LogP contribution in [0.5, 0.6) is 0 Å². The van der Waals surface area contributed by atoms with Crippen LogP contribution in [-0.2, 0) is 4.74 Å². The first-order valence-corrected chi connectivity index (χ1v) is 9.53. The molecule has 0 spiro atoms. The number of ketones is 1. The monoisotopic (exact) mass is 362 g/mol. The molecule has 1 heterocycles. The minimum absolute atomic E-state index is 0.0529. The van der Waals surface area contributed by atoms with E-state index in [1.54, 1.807) is 12.1 Å². The maximum absolute atomic E-state index is 13.0. The second kappa shape index (κ2) is 8.62. The summed E-state index contributed by atoms with van der Waals surface area (Å²) in [6, 6.07) is 6.14. The van der Waals surface area contributed by atoms with Crippen molar-refractivity contribution in [2.45, 2.75) is 57.1 Å². The number of piperidine rings is 1. The zero-order valence-corrected chi connectivity index (χ0v) is 15.0. The molecule has 0 unspecified atom stereocenters. The van der Waals surface area contributed by atoms with Crippen LogP contribution >= 0.6 is 0 Å². The van der Waals surface area contributed by atoms with Gasteiger partial charge < -0.3 is 10.5 Å². The Kier molecular flexibility index (Phi) is 6.25. The highest BCUT2D eigenvalue weighted by Gasteiger charge is 2.40. The molecule has 3 rings (SSSR count). The number of hydrogen-bond donors (Lipinski definition) is 1. The summed E-state index contributed by atoms with van der Waals surface area (Å²) in [7, 11) is 0. The highest BCUT2D eigenvalue weighted by molar-refractivity contribution is 5.95. The van der Waals surface area contributed by atoms with Gasteiger partial charge in [0.1, 0.15) is 11.9 Å². The van der Waals surface area contributed by atoms with Gasteiger partial charge in [0.15, 0.2) is 5.78 Å². The normalized spacial score (nSPS) is 26.1. The van der Waals surface area contributed by atoms with Crippen LogP contribution in [0.25, 0.3) is 0 Å². The van der Waals surface area contributed by atoms with Crippen molar-refractivity contribution in [2.75, 3.05) is 13.1 Å². The zero-order chi connectivity index (χ0) is 18.5. The van der Waals surface area contributed by atoms with Gasteiger partial charge in [-0.3, -0.25) is 9.69 Å². The molecule has 1 saturated heterocycles. The number of nitrogens with zero attached hydrogens (tertiary/aromatic N) is 1. The minimum Gasteiger partial charge on any atom is -0.446 e. The molecule has 26 heavy (non-hydrogen) atoms. The van der Waals surface area contributed by atoms with Crippen LogP contribution in [0.3, 0.4) is 0 Å². The largest absolute Gasteiger partial charge is 0.446 e. The SMILES string of the molecule is NC(=O)O[C@H]1CCN(CCCC(=O)c2ccc(F)cc2)[C@H]2CCCC[C@H]12. The zero-order valence-electron chi connectivity index (χ0n) is 15.0. The van der Waals surface area contributed by atoms with Crippen molar-refractivity contribution in [1.82, 2.24) is 4.90 Å². The highest BCUT2D eigenvalue weighted by atomic mass is 19.1. The number of hydrogen-bond acceptors (Lipinski definition) is 4. The molecule has 1 saturated carbocycles. The van der Waals surface area contributed by atoms with Crippen molar-refractivity contribution in [1.29, 1.82) is 0 Å². The number of fused-ring (bicyclic) bond motifs is 1. The van der Waals surface area contributed by atoms with E-state index in [-0.39, 0.29) is 17.7 Å². The number of benzene rings is 1. The molecule has 1 aliphatic heterocycles. The number of carbonyl (C=O) groups is 2. The van der Waals surface area contributed by atoms with Crippen molar-refractivity contribution < 1.29 is 18.7 Å². The fraction of sp³-hybridized carbons (Fsp3) is 0.600. The van der Waals surface area contributed by atoms with Gasteiger partial charge in [-0.15, -0.1) is 0 Å². The predicted octanol–water partition coefficient (Wildman–Crippen LogP) is 3.52. The van der Waals surface area contributed by atoms with Crippen molar-refractivity contribution in [3.63, 3.8) is 0 Å². The van der Waals surface area contributed by atoms with Gasteiger partial charge in [0.25, 0.3) is 0 Å². The van der Waals surface area contributed by atoms with Crippen LogP contribution in [0.15, 0.2) is 24.3 Å². The van der Waals surface area contributed by atoms with Crippen LogP contribution < -0.4 is 5.73 Å². The molecule has 142 valence electrons. The topological polar surface area (TPSA) is 72.6 Å².